The lowest BCUT2D eigenvalue weighted by atomic mass is 10.0. The number of rotatable bonds is 3. The molecule has 1 atom stereocenters. The lowest BCUT2D eigenvalue weighted by Gasteiger charge is -2.12. The summed E-state index contributed by atoms with van der Waals surface area (Å²) in [4.78, 5) is 10.8. The van der Waals surface area contributed by atoms with Gasteiger partial charge in [0, 0.05) is 17.1 Å². The Balaban J connectivity index is 3.22. The second-order valence-electron chi connectivity index (χ2n) is 2.88. The molecule has 0 fully saturated rings. The van der Waals surface area contributed by atoms with Gasteiger partial charge < -0.3 is 16.6 Å². The number of benzene rings is 1. The van der Waals surface area contributed by atoms with Gasteiger partial charge in [-0.25, -0.2) is 4.79 Å². The van der Waals surface area contributed by atoms with E-state index in [1.54, 1.807) is 12.1 Å². The van der Waals surface area contributed by atoms with Gasteiger partial charge in [0.2, 0.25) is 0 Å². The molecule has 0 aromatic heterocycles. The Morgan fingerprint density at radius 2 is 2.21 bits per heavy atom. The molecular formula is C9H11BrN2O2. The van der Waals surface area contributed by atoms with Crippen molar-refractivity contribution >= 4 is 21.9 Å². The summed E-state index contributed by atoms with van der Waals surface area (Å²) < 4.78 is 0.793. The van der Waals surface area contributed by atoms with Gasteiger partial charge in [0.15, 0.2) is 0 Å². The standard InChI is InChI=1S/C9H11BrN2O2/c10-5-1-2-6(9(13)14)7(3-5)8(12)4-11/h1-3,8H,4,11-12H2,(H,13,14). The van der Waals surface area contributed by atoms with E-state index in [-0.39, 0.29) is 12.1 Å². The molecule has 4 nitrogen and oxygen atoms in total. The van der Waals surface area contributed by atoms with Gasteiger partial charge in [-0.05, 0) is 23.8 Å². The molecule has 0 radical (unpaired) electrons. The first-order valence-corrected chi connectivity index (χ1v) is 4.84. The summed E-state index contributed by atoms with van der Waals surface area (Å²) in [6.45, 7) is 0.219. The maximum Gasteiger partial charge on any atom is 0.336 e. The van der Waals surface area contributed by atoms with E-state index in [1.807, 2.05) is 0 Å². The number of carboxylic acid groups (broad SMARTS) is 1. The fraction of sp³-hybridized carbons (Fsp3) is 0.222. The molecule has 5 N–H and O–H groups in total. The summed E-state index contributed by atoms with van der Waals surface area (Å²) in [5, 5.41) is 8.89. The molecule has 5 heteroatoms. The van der Waals surface area contributed by atoms with Crippen molar-refractivity contribution in [2.45, 2.75) is 6.04 Å². The SMILES string of the molecule is NCC(N)c1cc(Br)ccc1C(=O)O. The van der Waals surface area contributed by atoms with Crippen LogP contribution in [0.25, 0.3) is 0 Å². The largest absolute Gasteiger partial charge is 0.478 e. The highest BCUT2D eigenvalue weighted by Gasteiger charge is 2.14. The smallest absolute Gasteiger partial charge is 0.336 e. The third kappa shape index (κ3) is 2.31. The third-order valence-electron chi connectivity index (χ3n) is 1.90. The van der Waals surface area contributed by atoms with E-state index in [4.69, 9.17) is 16.6 Å². The molecule has 14 heavy (non-hydrogen) atoms. The van der Waals surface area contributed by atoms with Crippen molar-refractivity contribution in [3.63, 3.8) is 0 Å². The molecule has 0 saturated carbocycles. The average molecular weight is 259 g/mol. The van der Waals surface area contributed by atoms with Crippen molar-refractivity contribution in [1.82, 2.24) is 0 Å². The van der Waals surface area contributed by atoms with Crippen LogP contribution < -0.4 is 11.5 Å². The van der Waals surface area contributed by atoms with Crippen LogP contribution in [0.4, 0.5) is 0 Å². The first-order valence-electron chi connectivity index (χ1n) is 4.04. The van der Waals surface area contributed by atoms with Crippen molar-refractivity contribution in [3.05, 3.63) is 33.8 Å². The Morgan fingerprint density at radius 3 is 2.71 bits per heavy atom. The molecule has 0 amide bonds. The first-order chi connectivity index (χ1) is 6.56. The van der Waals surface area contributed by atoms with Gasteiger partial charge in [-0.2, -0.15) is 0 Å². The number of carboxylic acids is 1. The number of hydrogen-bond acceptors (Lipinski definition) is 3. The van der Waals surface area contributed by atoms with Crippen LogP contribution in [-0.4, -0.2) is 17.6 Å². The first kappa shape index (κ1) is 11.2. The minimum atomic E-state index is -0.989. The second kappa shape index (κ2) is 4.54. The van der Waals surface area contributed by atoms with Crippen LogP contribution >= 0.6 is 15.9 Å². The number of halogens is 1. The molecule has 1 unspecified atom stereocenters. The van der Waals surface area contributed by atoms with Gasteiger partial charge >= 0.3 is 5.97 Å². The summed E-state index contributed by atoms with van der Waals surface area (Å²) in [6, 6.07) is 4.41. The fourth-order valence-electron chi connectivity index (χ4n) is 1.16. The quantitative estimate of drug-likeness (QED) is 0.758. The number of aromatic carboxylic acids is 1. The molecule has 76 valence electrons. The Hall–Kier alpha value is -0.910. The molecule has 1 aromatic rings. The van der Waals surface area contributed by atoms with Crippen molar-refractivity contribution in [2.24, 2.45) is 11.5 Å². The number of hydrogen-bond donors (Lipinski definition) is 3. The monoisotopic (exact) mass is 258 g/mol. The number of carbonyl (C=O) groups is 1. The van der Waals surface area contributed by atoms with Crippen LogP contribution in [0, 0.1) is 0 Å². The van der Waals surface area contributed by atoms with Crippen molar-refractivity contribution < 1.29 is 9.90 Å². The molecule has 1 rings (SSSR count). The van der Waals surface area contributed by atoms with E-state index < -0.39 is 12.0 Å². The zero-order valence-corrected chi connectivity index (χ0v) is 8.99. The van der Waals surface area contributed by atoms with Crippen LogP contribution in [-0.2, 0) is 0 Å². The third-order valence-corrected chi connectivity index (χ3v) is 2.39. The summed E-state index contributed by atoms with van der Waals surface area (Å²) in [5.41, 5.74) is 11.8. The van der Waals surface area contributed by atoms with Crippen molar-refractivity contribution in [2.75, 3.05) is 6.54 Å². The van der Waals surface area contributed by atoms with Crippen LogP contribution in [0.3, 0.4) is 0 Å². The van der Waals surface area contributed by atoms with Crippen LogP contribution in [0.1, 0.15) is 22.0 Å². The molecule has 0 aliphatic carbocycles. The topological polar surface area (TPSA) is 89.3 Å². The Kier molecular flexibility index (Phi) is 3.62. The van der Waals surface area contributed by atoms with E-state index in [9.17, 15) is 4.79 Å². The molecular weight excluding hydrogens is 248 g/mol. The highest BCUT2D eigenvalue weighted by atomic mass is 79.9. The summed E-state index contributed by atoms with van der Waals surface area (Å²) in [6.07, 6.45) is 0. The van der Waals surface area contributed by atoms with Crippen molar-refractivity contribution in [1.29, 1.82) is 0 Å². The summed E-state index contributed by atoms with van der Waals surface area (Å²) in [7, 11) is 0. The molecule has 1 aromatic carbocycles. The lowest BCUT2D eigenvalue weighted by molar-refractivity contribution is 0.0695. The average Bonchev–Trinajstić information content (AvgIpc) is 2.16. The molecule has 0 aliphatic rings. The molecule has 0 aliphatic heterocycles. The predicted octanol–water partition coefficient (Wildman–Crippen LogP) is 1.11. The summed E-state index contributed by atoms with van der Waals surface area (Å²) >= 11 is 3.25. The Bertz CT molecular complexity index is 355. The molecule has 0 heterocycles. The number of nitrogens with two attached hydrogens (primary N) is 2. The van der Waals surface area contributed by atoms with Crippen LogP contribution in [0.15, 0.2) is 22.7 Å². The highest BCUT2D eigenvalue weighted by Crippen LogP contribution is 2.21. The van der Waals surface area contributed by atoms with E-state index in [2.05, 4.69) is 15.9 Å². The maximum atomic E-state index is 10.8. The van der Waals surface area contributed by atoms with E-state index >= 15 is 0 Å². The molecule has 0 spiro atoms. The van der Waals surface area contributed by atoms with E-state index in [0.29, 0.717) is 5.56 Å². The van der Waals surface area contributed by atoms with Crippen molar-refractivity contribution in [3.8, 4) is 0 Å². The highest BCUT2D eigenvalue weighted by molar-refractivity contribution is 9.10. The Labute approximate surface area is 90.0 Å². The second-order valence-corrected chi connectivity index (χ2v) is 3.79. The van der Waals surface area contributed by atoms with Crippen LogP contribution in [0.5, 0.6) is 0 Å². The van der Waals surface area contributed by atoms with Gasteiger partial charge in [-0.3, -0.25) is 0 Å². The van der Waals surface area contributed by atoms with Gasteiger partial charge in [-0.1, -0.05) is 15.9 Å². The van der Waals surface area contributed by atoms with Gasteiger partial charge in [0.1, 0.15) is 0 Å². The molecule has 0 bridgehead atoms. The lowest BCUT2D eigenvalue weighted by Crippen LogP contribution is -2.23. The maximum absolute atomic E-state index is 10.8. The Morgan fingerprint density at radius 1 is 1.57 bits per heavy atom. The van der Waals surface area contributed by atoms with Gasteiger partial charge in [0.25, 0.3) is 0 Å². The molecule has 0 saturated heterocycles. The zero-order chi connectivity index (χ0) is 10.7. The minimum Gasteiger partial charge on any atom is -0.478 e. The normalized spacial score (nSPS) is 12.5. The minimum absolute atomic E-state index is 0.200. The van der Waals surface area contributed by atoms with E-state index in [0.717, 1.165) is 4.47 Å². The van der Waals surface area contributed by atoms with Gasteiger partial charge in [0.05, 0.1) is 5.56 Å². The predicted molar refractivity (Wildman–Crippen MR) is 57.1 cm³/mol. The fourth-order valence-corrected chi connectivity index (χ4v) is 1.54. The van der Waals surface area contributed by atoms with E-state index in [1.165, 1.54) is 6.07 Å². The van der Waals surface area contributed by atoms with Gasteiger partial charge in [-0.15, -0.1) is 0 Å². The summed E-state index contributed by atoms with van der Waals surface area (Å²) in [5.74, 6) is -0.989. The zero-order valence-electron chi connectivity index (χ0n) is 7.40. The van der Waals surface area contributed by atoms with Crippen LogP contribution in [0.2, 0.25) is 0 Å².